The van der Waals surface area contributed by atoms with E-state index in [4.69, 9.17) is 9.84 Å². The standard InChI is InChI=1S/C12H16O3/c1-9(14)7-10(2)15-12-5-3-11(8-13)4-6-12/h3-6,10,13H,7-8H2,1-2H3. The number of Topliss-reactive ketones (excluding diaryl/α,β-unsaturated/α-hetero) is 1. The minimum atomic E-state index is -0.109. The highest BCUT2D eigenvalue weighted by atomic mass is 16.5. The van der Waals surface area contributed by atoms with E-state index in [0.29, 0.717) is 6.42 Å². The minimum absolute atomic E-state index is 0.0310. The van der Waals surface area contributed by atoms with Crippen LogP contribution in [-0.4, -0.2) is 17.0 Å². The van der Waals surface area contributed by atoms with Crippen LogP contribution in [-0.2, 0) is 11.4 Å². The Hall–Kier alpha value is -1.35. The van der Waals surface area contributed by atoms with Crippen LogP contribution in [0.1, 0.15) is 25.8 Å². The number of aliphatic hydroxyl groups is 1. The number of ketones is 1. The first-order chi connectivity index (χ1) is 7.11. The Labute approximate surface area is 89.7 Å². The van der Waals surface area contributed by atoms with Gasteiger partial charge in [-0.15, -0.1) is 0 Å². The Kier molecular flexibility index (Phi) is 4.31. The molecule has 0 spiro atoms. The summed E-state index contributed by atoms with van der Waals surface area (Å²) in [4.78, 5) is 10.8. The van der Waals surface area contributed by atoms with E-state index in [2.05, 4.69) is 0 Å². The molecule has 1 atom stereocenters. The van der Waals surface area contributed by atoms with Crippen LogP contribution in [0.2, 0.25) is 0 Å². The van der Waals surface area contributed by atoms with Crippen molar-refractivity contribution in [3.05, 3.63) is 29.8 Å². The molecule has 0 saturated carbocycles. The molecule has 0 aliphatic carbocycles. The van der Waals surface area contributed by atoms with Crippen LogP contribution in [0, 0.1) is 0 Å². The molecule has 1 aromatic rings. The van der Waals surface area contributed by atoms with Crippen molar-refractivity contribution in [2.45, 2.75) is 33.0 Å². The Morgan fingerprint density at radius 2 is 2.00 bits per heavy atom. The Morgan fingerprint density at radius 1 is 1.40 bits per heavy atom. The van der Waals surface area contributed by atoms with Gasteiger partial charge in [-0.3, -0.25) is 4.79 Å². The van der Waals surface area contributed by atoms with E-state index < -0.39 is 0 Å². The highest BCUT2D eigenvalue weighted by Crippen LogP contribution is 2.14. The summed E-state index contributed by atoms with van der Waals surface area (Å²) >= 11 is 0. The fraction of sp³-hybridized carbons (Fsp3) is 0.417. The second-order valence-electron chi connectivity index (χ2n) is 3.64. The van der Waals surface area contributed by atoms with Gasteiger partial charge >= 0.3 is 0 Å². The number of benzene rings is 1. The van der Waals surface area contributed by atoms with Gasteiger partial charge in [-0.05, 0) is 31.5 Å². The lowest BCUT2D eigenvalue weighted by Gasteiger charge is -2.13. The van der Waals surface area contributed by atoms with Gasteiger partial charge in [-0.1, -0.05) is 12.1 Å². The second-order valence-corrected chi connectivity index (χ2v) is 3.64. The van der Waals surface area contributed by atoms with Gasteiger partial charge in [-0.25, -0.2) is 0 Å². The highest BCUT2D eigenvalue weighted by Gasteiger charge is 2.06. The largest absolute Gasteiger partial charge is 0.490 e. The van der Waals surface area contributed by atoms with Crippen molar-refractivity contribution in [1.29, 1.82) is 0 Å². The first-order valence-electron chi connectivity index (χ1n) is 4.97. The molecule has 0 amide bonds. The van der Waals surface area contributed by atoms with E-state index in [0.717, 1.165) is 11.3 Å². The smallest absolute Gasteiger partial charge is 0.133 e. The van der Waals surface area contributed by atoms with E-state index in [1.165, 1.54) is 0 Å². The molecule has 0 aliphatic heterocycles. The van der Waals surface area contributed by atoms with Gasteiger partial charge in [0.2, 0.25) is 0 Å². The van der Waals surface area contributed by atoms with E-state index in [1.807, 2.05) is 6.92 Å². The molecule has 0 fully saturated rings. The lowest BCUT2D eigenvalue weighted by Crippen LogP contribution is -2.15. The summed E-state index contributed by atoms with van der Waals surface area (Å²) in [6.45, 7) is 3.44. The number of carbonyl (C=O) groups is 1. The van der Waals surface area contributed by atoms with Crippen molar-refractivity contribution >= 4 is 5.78 Å². The molecule has 0 bridgehead atoms. The average molecular weight is 208 g/mol. The van der Waals surface area contributed by atoms with Crippen LogP contribution in [0.15, 0.2) is 24.3 Å². The number of rotatable bonds is 5. The summed E-state index contributed by atoms with van der Waals surface area (Å²) in [5.41, 5.74) is 0.849. The first-order valence-corrected chi connectivity index (χ1v) is 4.97. The predicted molar refractivity (Wildman–Crippen MR) is 57.8 cm³/mol. The normalized spacial score (nSPS) is 12.2. The zero-order valence-corrected chi connectivity index (χ0v) is 9.06. The van der Waals surface area contributed by atoms with Gasteiger partial charge in [0.05, 0.1) is 6.61 Å². The third-order valence-corrected chi connectivity index (χ3v) is 2.02. The summed E-state index contributed by atoms with van der Waals surface area (Å²) < 4.78 is 5.52. The third-order valence-electron chi connectivity index (χ3n) is 2.02. The number of aliphatic hydroxyl groups excluding tert-OH is 1. The van der Waals surface area contributed by atoms with Crippen molar-refractivity contribution in [2.24, 2.45) is 0 Å². The van der Waals surface area contributed by atoms with E-state index >= 15 is 0 Å². The molecule has 0 aliphatic rings. The first kappa shape index (κ1) is 11.7. The molecule has 1 unspecified atom stereocenters. The van der Waals surface area contributed by atoms with E-state index in [-0.39, 0.29) is 18.5 Å². The molecule has 3 heteroatoms. The maximum Gasteiger partial charge on any atom is 0.133 e. The molecule has 1 N–H and O–H groups in total. The summed E-state index contributed by atoms with van der Waals surface area (Å²) in [7, 11) is 0. The number of hydrogen-bond acceptors (Lipinski definition) is 3. The summed E-state index contributed by atoms with van der Waals surface area (Å²) in [5, 5.41) is 8.84. The van der Waals surface area contributed by atoms with Gasteiger partial charge in [-0.2, -0.15) is 0 Å². The topological polar surface area (TPSA) is 46.5 Å². The molecule has 0 saturated heterocycles. The van der Waals surface area contributed by atoms with Gasteiger partial charge in [0.1, 0.15) is 17.6 Å². The molecule has 0 aromatic heterocycles. The van der Waals surface area contributed by atoms with Crippen molar-refractivity contribution in [1.82, 2.24) is 0 Å². The summed E-state index contributed by atoms with van der Waals surface area (Å²) in [6, 6.07) is 7.19. The zero-order valence-electron chi connectivity index (χ0n) is 9.06. The number of hydrogen-bond donors (Lipinski definition) is 1. The molecule has 1 rings (SSSR count). The van der Waals surface area contributed by atoms with E-state index in [9.17, 15) is 4.79 Å². The third kappa shape index (κ3) is 4.13. The van der Waals surface area contributed by atoms with Gasteiger partial charge < -0.3 is 9.84 Å². The zero-order chi connectivity index (χ0) is 11.3. The van der Waals surface area contributed by atoms with E-state index in [1.54, 1.807) is 31.2 Å². The minimum Gasteiger partial charge on any atom is -0.490 e. The quantitative estimate of drug-likeness (QED) is 0.804. The lowest BCUT2D eigenvalue weighted by molar-refractivity contribution is -0.118. The van der Waals surface area contributed by atoms with Crippen LogP contribution in [0.25, 0.3) is 0 Å². The lowest BCUT2D eigenvalue weighted by atomic mass is 10.2. The Morgan fingerprint density at radius 3 is 2.47 bits per heavy atom. The van der Waals surface area contributed by atoms with Crippen molar-refractivity contribution in [2.75, 3.05) is 0 Å². The summed E-state index contributed by atoms with van der Waals surface area (Å²) in [6.07, 6.45) is 0.310. The van der Waals surface area contributed by atoms with Crippen LogP contribution in [0.3, 0.4) is 0 Å². The van der Waals surface area contributed by atoms with Gasteiger partial charge in [0, 0.05) is 6.42 Å². The molecule has 0 heterocycles. The fourth-order valence-electron chi connectivity index (χ4n) is 1.35. The van der Waals surface area contributed by atoms with Gasteiger partial charge in [0.15, 0.2) is 0 Å². The van der Waals surface area contributed by atoms with Crippen LogP contribution in [0.4, 0.5) is 0 Å². The monoisotopic (exact) mass is 208 g/mol. The molecular weight excluding hydrogens is 192 g/mol. The molecular formula is C12H16O3. The maximum atomic E-state index is 10.8. The van der Waals surface area contributed by atoms with Crippen LogP contribution in [0.5, 0.6) is 5.75 Å². The fourth-order valence-corrected chi connectivity index (χ4v) is 1.35. The van der Waals surface area contributed by atoms with Crippen molar-refractivity contribution in [3.8, 4) is 5.75 Å². The van der Waals surface area contributed by atoms with Crippen molar-refractivity contribution in [3.63, 3.8) is 0 Å². The second kappa shape index (κ2) is 5.51. The molecule has 1 aromatic carbocycles. The average Bonchev–Trinajstić information content (AvgIpc) is 2.17. The number of carbonyl (C=O) groups excluding carboxylic acids is 1. The van der Waals surface area contributed by atoms with Crippen molar-refractivity contribution < 1.29 is 14.6 Å². The predicted octanol–water partition coefficient (Wildman–Crippen LogP) is 1.93. The summed E-state index contributed by atoms with van der Waals surface area (Å²) in [5.74, 6) is 0.843. The molecule has 15 heavy (non-hydrogen) atoms. The van der Waals surface area contributed by atoms with Crippen LogP contribution >= 0.6 is 0 Å². The maximum absolute atomic E-state index is 10.8. The van der Waals surface area contributed by atoms with Gasteiger partial charge in [0.25, 0.3) is 0 Å². The Bertz CT molecular complexity index is 316. The van der Waals surface area contributed by atoms with Crippen LogP contribution < -0.4 is 4.74 Å². The molecule has 82 valence electrons. The Balaban J connectivity index is 2.53. The SMILES string of the molecule is CC(=O)CC(C)Oc1ccc(CO)cc1. The molecule has 0 radical (unpaired) electrons. The molecule has 3 nitrogen and oxygen atoms in total. The number of ether oxygens (including phenoxy) is 1. The highest BCUT2D eigenvalue weighted by molar-refractivity contribution is 5.75.